The number of nitrogens with zero attached hydrogens (tertiary/aromatic N) is 1. The van der Waals surface area contributed by atoms with E-state index in [9.17, 15) is 4.79 Å². The lowest BCUT2D eigenvalue weighted by Crippen LogP contribution is -2.19. The molecular formula is C16H17N3O2. The van der Waals surface area contributed by atoms with E-state index in [0.717, 1.165) is 17.0 Å². The molecule has 0 radical (unpaired) electrons. The molecular weight excluding hydrogens is 266 g/mol. The average Bonchev–Trinajstić information content (AvgIpc) is 2.74. The molecule has 0 saturated carbocycles. The number of nitrogens with two attached hydrogens (primary N) is 1. The van der Waals surface area contributed by atoms with Crippen molar-refractivity contribution in [2.45, 2.75) is 6.04 Å². The summed E-state index contributed by atoms with van der Waals surface area (Å²) in [4.78, 5) is 13.5. The van der Waals surface area contributed by atoms with Gasteiger partial charge in [0.25, 0.3) is 0 Å². The number of ether oxygens (including phenoxy) is 1. The fourth-order valence-electron chi connectivity index (χ4n) is 2.29. The van der Waals surface area contributed by atoms with Crippen molar-refractivity contribution in [1.82, 2.24) is 0 Å². The summed E-state index contributed by atoms with van der Waals surface area (Å²) in [7, 11) is 3.96. The van der Waals surface area contributed by atoms with Crippen LogP contribution in [0.3, 0.4) is 0 Å². The third kappa shape index (κ3) is 2.55. The van der Waals surface area contributed by atoms with E-state index in [1.54, 1.807) is 6.07 Å². The molecule has 1 atom stereocenters. The zero-order valence-corrected chi connectivity index (χ0v) is 12.0. The van der Waals surface area contributed by atoms with Crippen molar-refractivity contribution < 1.29 is 9.53 Å². The average molecular weight is 283 g/mol. The van der Waals surface area contributed by atoms with E-state index >= 15 is 0 Å². The molecule has 1 amide bonds. The normalized spacial score (nSPS) is 16.3. The van der Waals surface area contributed by atoms with E-state index in [4.69, 9.17) is 10.5 Å². The van der Waals surface area contributed by atoms with Crippen LogP contribution in [0.1, 0.15) is 11.6 Å². The Morgan fingerprint density at radius 3 is 2.67 bits per heavy atom. The maximum atomic E-state index is 11.5. The van der Waals surface area contributed by atoms with Gasteiger partial charge in [0.1, 0.15) is 17.5 Å². The van der Waals surface area contributed by atoms with Gasteiger partial charge >= 0.3 is 0 Å². The van der Waals surface area contributed by atoms with E-state index in [1.165, 1.54) is 0 Å². The molecule has 0 fully saturated rings. The smallest absolute Gasteiger partial charge is 0.245 e. The minimum absolute atomic E-state index is 0.184. The third-order valence-corrected chi connectivity index (χ3v) is 3.47. The van der Waals surface area contributed by atoms with Gasteiger partial charge in [0.15, 0.2) is 0 Å². The Balaban J connectivity index is 1.85. The summed E-state index contributed by atoms with van der Waals surface area (Å²) in [5.41, 5.74) is 8.36. The van der Waals surface area contributed by atoms with Gasteiger partial charge in [0.2, 0.25) is 5.91 Å². The van der Waals surface area contributed by atoms with Gasteiger partial charge in [-0.1, -0.05) is 12.1 Å². The molecule has 1 unspecified atom stereocenters. The van der Waals surface area contributed by atoms with Crippen molar-refractivity contribution in [1.29, 1.82) is 0 Å². The minimum atomic E-state index is -0.592. The van der Waals surface area contributed by atoms with Crippen LogP contribution in [0.4, 0.5) is 11.4 Å². The van der Waals surface area contributed by atoms with E-state index in [2.05, 4.69) is 5.32 Å². The number of carbonyl (C=O) groups is 1. The van der Waals surface area contributed by atoms with Gasteiger partial charge in [0.05, 0.1) is 0 Å². The summed E-state index contributed by atoms with van der Waals surface area (Å²) in [6.07, 6.45) is 0. The molecule has 0 bridgehead atoms. The van der Waals surface area contributed by atoms with Crippen LogP contribution in [0.5, 0.6) is 11.5 Å². The number of benzene rings is 2. The van der Waals surface area contributed by atoms with Crippen molar-refractivity contribution in [2.75, 3.05) is 24.3 Å². The molecule has 108 valence electrons. The van der Waals surface area contributed by atoms with Gasteiger partial charge in [0, 0.05) is 43.2 Å². The molecule has 0 aliphatic carbocycles. The minimum Gasteiger partial charge on any atom is -0.457 e. The Labute approximate surface area is 123 Å². The standard InChI is InChI=1S/C16H17N3O2/c1-19(2)10-4-3-5-11(8-10)21-12-6-7-13-14(9-12)18-16(20)15(13)17/h3-9,15H,17H2,1-2H3,(H,18,20). The second-order valence-corrected chi connectivity index (χ2v) is 5.21. The molecule has 0 aromatic heterocycles. The van der Waals surface area contributed by atoms with Crippen LogP contribution in [0, 0.1) is 0 Å². The quantitative estimate of drug-likeness (QED) is 0.908. The summed E-state index contributed by atoms with van der Waals surface area (Å²) in [5.74, 6) is 1.23. The largest absolute Gasteiger partial charge is 0.457 e. The van der Waals surface area contributed by atoms with Gasteiger partial charge in [-0.2, -0.15) is 0 Å². The van der Waals surface area contributed by atoms with E-state index in [-0.39, 0.29) is 5.91 Å². The summed E-state index contributed by atoms with van der Waals surface area (Å²) in [6, 6.07) is 12.6. The molecule has 0 saturated heterocycles. The van der Waals surface area contributed by atoms with Crippen molar-refractivity contribution in [2.24, 2.45) is 5.73 Å². The summed E-state index contributed by atoms with van der Waals surface area (Å²) >= 11 is 0. The molecule has 5 heteroatoms. The highest BCUT2D eigenvalue weighted by Crippen LogP contribution is 2.34. The van der Waals surface area contributed by atoms with Crippen LogP contribution in [0.15, 0.2) is 42.5 Å². The fourth-order valence-corrected chi connectivity index (χ4v) is 2.29. The summed E-state index contributed by atoms with van der Waals surface area (Å²) < 4.78 is 5.85. The maximum absolute atomic E-state index is 11.5. The molecule has 1 heterocycles. The Morgan fingerprint density at radius 1 is 1.14 bits per heavy atom. The lowest BCUT2D eigenvalue weighted by Gasteiger charge is -2.14. The zero-order valence-electron chi connectivity index (χ0n) is 12.0. The molecule has 5 nitrogen and oxygen atoms in total. The lowest BCUT2D eigenvalue weighted by atomic mass is 10.1. The molecule has 3 rings (SSSR count). The van der Waals surface area contributed by atoms with Crippen molar-refractivity contribution in [3.05, 3.63) is 48.0 Å². The van der Waals surface area contributed by atoms with Crippen LogP contribution >= 0.6 is 0 Å². The second-order valence-electron chi connectivity index (χ2n) is 5.21. The molecule has 2 aromatic rings. The number of fused-ring (bicyclic) bond motifs is 1. The van der Waals surface area contributed by atoms with E-state index in [0.29, 0.717) is 11.4 Å². The van der Waals surface area contributed by atoms with Crippen molar-refractivity contribution >= 4 is 17.3 Å². The maximum Gasteiger partial charge on any atom is 0.245 e. The Bertz CT molecular complexity index is 698. The number of rotatable bonds is 3. The van der Waals surface area contributed by atoms with Gasteiger partial charge in [-0.25, -0.2) is 0 Å². The van der Waals surface area contributed by atoms with Crippen LogP contribution in [-0.2, 0) is 4.79 Å². The Kier molecular flexibility index (Phi) is 3.27. The van der Waals surface area contributed by atoms with Crippen molar-refractivity contribution in [3.63, 3.8) is 0 Å². The predicted molar refractivity (Wildman–Crippen MR) is 82.8 cm³/mol. The first-order chi connectivity index (χ1) is 10.0. The SMILES string of the molecule is CN(C)c1cccc(Oc2ccc3c(c2)NC(=O)C3N)c1. The molecule has 2 aromatic carbocycles. The first kappa shape index (κ1) is 13.5. The number of nitrogens with one attached hydrogen (secondary N) is 1. The highest BCUT2D eigenvalue weighted by Gasteiger charge is 2.27. The first-order valence-electron chi connectivity index (χ1n) is 6.70. The van der Waals surface area contributed by atoms with Gasteiger partial charge in [-0.15, -0.1) is 0 Å². The second kappa shape index (κ2) is 5.10. The predicted octanol–water partition coefficient (Wildman–Crippen LogP) is 2.50. The van der Waals surface area contributed by atoms with Crippen LogP contribution in [0.2, 0.25) is 0 Å². The third-order valence-electron chi connectivity index (χ3n) is 3.47. The van der Waals surface area contributed by atoms with Gasteiger partial charge in [-0.3, -0.25) is 4.79 Å². The summed E-state index contributed by atoms with van der Waals surface area (Å²) in [6.45, 7) is 0. The van der Waals surface area contributed by atoms with Gasteiger partial charge < -0.3 is 20.7 Å². The zero-order chi connectivity index (χ0) is 15.0. The number of amides is 1. The van der Waals surface area contributed by atoms with Crippen LogP contribution in [-0.4, -0.2) is 20.0 Å². The molecule has 1 aliphatic heterocycles. The topological polar surface area (TPSA) is 67.6 Å². The van der Waals surface area contributed by atoms with Gasteiger partial charge in [-0.05, 0) is 18.2 Å². The number of anilines is 2. The number of carbonyl (C=O) groups excluding carboxylic acids is 1. The lowest BCUT2D eigenvalue weighted by molar-refractivity contribution is -0.116. The molecule has 0 spiro atoms. The highest BCUT2D eigenvalue weighted by molar-refractivity contribution is 6.02. The number of hydrogen-bond acceptors (Lipinski definition) is 4. The Morgan fingerprint density at radius 2 is 1.90 bits per heavy atom. The van der Waals surface area contributed by atoms with E-state index in [1.807, 2.05) is 55.4 Å². The Hall–Kier alpha value is -2.53. The van der Waals surface area contributed by atoms with Crippen LogP contribution in [0.25, 0.3) is 0 Å². The first-order valence-corrected chi connectivity index (χ1v) is 6.70. The molecule has 3 N–H and O–H groups in total. The molecule has 1 aliphatic rings. The van der Waals surface area contributed by atoms with Crippen LogP contribution < -0.4 is 20.7 Å². The van der Waals surface area contributed by atoms with E-state index < -0.39 is 6.04 Å². The van der Waals surface area contributed by atoms with Crippen molar-refractivity contribution in [3.8, 4) is 11.5 Å². The summed E-state index contributed by atoms with van der Waals surface area (Å²) in [5, 5.41) is 2.75. The number of hydrogen-bond donors (Lipinski definition) is 2. The monoisotopic (exact) mass is 283 g/mol. The fraction of sp³-hybridized carbons (Fsp3) is 0.188. The molecule has 21 heavy (non-hydrogen) atoms. The highest BCUT2D eigenvalue weighted by atomic mass is 16.5.